The summed E-state index contributed by atoms with van der Waals surface area (Å²) in [5, 5.41) is 12.9. The summed E-state index contributed by atoms with van der Waals surface area (Å²) in [5.41, 5.74) is -0.356. The fraction of sp³-hybridized carbons (Fsp3) is 0.588. The van der Waals surface area contributed by atoms with Crippen LogP contribution in [-0.4, -0.2) is 24.9 Å². The Bertz CT molecular complexity index is 458. The van der Waals surface area contributed by atoms with Crippen molar-refractivity contribution in [2.75, 3.05) is 19.4 Å². The zero-order chi connectivity index (χ0) is 15.6. The van der Waals surface area contributed by atoms with Crippen LogP contribution in [0.3, 0.4) is 0 Å². The van der Waals surface area contributed by atoms with Gasteiger partial charge in [-0.2, -0.15) is 5.26 Å². The Morgan fingerprint density at radius 1 is 1.38 bits per heavy atom. The van der Waals surface area contributed by atoms with E-state index in [4.69, 9.17) is 4.74 Å². The molecule has 0 saturated heterocycles. The summed E-state index contributed by atoms with van der Waals surface area (Å²) in [4.78, 5) is 1.22. The molecule has 0 fully saturated rings. The van der Waals surface area contributed by atoms with Crippen molar-refractivity contribution in [3.8, 4) is 11.8 Å². The molecule has 1 unspecified atom stereocenters. The second-order valence-electron chi connectivity index (χ2n) is 5.11. The average Bonchev–Trinajstić information content (AvgIpc) is 2.55. The summed E-state index contributed by atoms with van der Waals surface area (Å²) < 4.78 is 5.23. The molecule has 116 valence electrons. The van der Waals surface area contributed by atoms with Gasteiger partial charge in [-0.15, -0.1) is 11.8 Å². The van der Waals surface area contributed by atoms with E-state index in [1.54, 1.807) is 7.11 Å². The van der Waals surface area contributed by atoms with Crippen molar-refractivity contribution in [3.63, 3.8) is 0 Å². The maximum absolute atomic E-state index is 9.45. The molecule has 3 nitrogen and oxygen atoms in total. The van der Waals surface area contributed by atoms with Crippen LogP contribution in [0.25, 0.3) is 0 Å². The van der Waals surface area contributed by atoms with Gasteiger partial charge in [-0.1, -0.05) is 19.9 Å². The Morgan fingerprint density at radius 3 is 2.81 bits per heavy atom. The predicted molar refractivity (Wildman–Crippen MR) is 89.9 cm³/mol. The molecule has 0 heterocycles. The van der Waals surface area contributed by atoms with E-state index in [0.717, 1.165) is 43.7 Å². The molecule has 1 N–H and O–H groups in total. The summed E-state index contributed by atoms with van der Waals surface area (Å²) in [7, 11) is 1.69. The van der Waals surface area contributed by atoms with Crippen LogP contribution in [0.2, 0.25) is 0 Å². The fourth-order valence-electron chi connectivity index (χ4n) is 2.18. The molecule has 0 spiro atoms. The lowest BCUT2D eigenvalue weighted by Crippen LogP contribution is -2.43. The van der Waals surface area contributed by atoms with Gasteiger partial charge in [0.25, 0.3) is 0 Å². The summed E-state index contributed by atoms with van der Waals surface area (Å²) in [6.07, 6.45) is 3.84. The molecule has 0 saturated carbocycles. The van der Waals surface area contributed by atoms with Gasteiger partial charge in [0.1, 0.15) is 11.3 Å². The average molecular weight is 306 g/mol. The molecule has 1 aromatic carbocycles. The Kier molecular flexibility index (Phi) is 8.26. The third-order valence-corrected chi connectivity index (χ3v) is 4.67. The third-order valence-electron chi connectivity index (χ3n) is 3.59. The standard InChI is InChI=1S/C17H26N2OS/c1-4-11-19-17(5-2,14-18)10-7-12-21-16-9-6-8-15(13-16)20-3/h6,8-9,13,19H,4-5,7,10-12H2,1-3H3. The molecule has 1 aromatic rings. The Morgan fingerprint density at radius 2 is 2.19 bits per heavy atom. The van der Waals surface area contributed by atoms with E-state index >= 15 is 0 Å². The van der Waals surface area contributed by atoms with Crippen LogP contribution in [0.4, 0.5) is 0 Å². The second-order valence-corrected chi connectivity index (χ2v) is 6.27. The minimum atomic E-state index is -0.356. The molecule has 0 aliphatic heterocycles. The molecule has 0 aromatic heterocycles. The van der Waals surface area contributed by atoms with Gasteiger partial charge in [0.2, 0.25) is 0 Å². The van der Waals surface area contributed by atoms with Gasteiger partial charge in [-0.3, -0.25) is 5.32 Å². The van der Waals surface area contributed by atoms with E-state index in [0.29, 0.717) is 0 Å². The van der Waals surface area contributed by atoms with E-state index in [9.17, 15) is 5.26 Å². The maximum atomic E-state index is 9.45. The number of hydrogen-bond donors (Lipinski definition) is 1. The zero-order valence-electron chi connectivity index (χ0n) is 13.3. The van der Waals surface area contributed by atoms with Crippen LogP contribution in [0.1, 0.15) is 39.5 Å². The lowest BCUT2D eigenvalue weighted by molar-refractivity contribution is 0.371. The molecule has 1 rings (SSSR count). The minimum Gasteiger partial charge on any atom is -0.497 e. The highest BCUT2D eigenvalue weighted by molar-refractivity contribution is 7.99. The number of nitrogens with zero attached hydrogens (tertiary/aromatic N) is 1. The van der Waals surface area contributed by atoms with Crippen molar-refractivity contribution in [2.24, 2.45) is 0 Å². The number of rotatable bonds is 10. The molecule has 0 amide bonds. The van der Waals surface area contributed by atoms with E-state index < -0.39 is 0 Å². The van der Waals surface area contributed by atoms with E-state index in [1.165, 1.54) is 4.90 Å². The summed E-state index contributed by atoms with van der Waals surface area (Å²) in [5.74, 6) is 1.91. The van der Waals surface area contributed by atoms with Gasteiger partial charge in [0.05, 0.1) is 13.2 Å². The number of ether oxygens (including phenoxy) is 1. The van der Waals surface area contributed by atoms with Gasteiger partial charge < -0.3 is 4.74 Å². The first kappa shape index (κ1) is 17.9. The number of thioether (sulfide) groups is 1. The largest absolute Gasteiger partial charge is 0.497 e. The van der Waals surface area contributed by atoms with Crippen molar-refractivity contribution in [3.05, 3.63) is 24.3 Å². The summed E-state index contributed by atoms with van der Waals surface area (Å²) in [6, 6.07) is 10.6. The Balaban J connectivity index is 2.42. The highest BCUT2D eigenvalue weighted by atomic mass is 32.2. The van der Waals surface area contributed by atoms with E-state index in [-0.39, 0.29) is 5.54 Å². The Labute approximate surface area is 133 Å². The van der Waals surface area contributed by atoms with Crippen LogP contribution in [0.5, 0.6) is 5.75 Å². The van der Waals surface area contributed by atoms with Crippen molar-refractivity contribution < 1.29 is 4.74 Å². The number of methoxy groups -OCH3 is 1. The maximum Gasteiger partial charge on any atom is 0.119 e. The van der Waals surface area contributed by atoms with Crippen LogP contribution >= 0.6 is 11.8 Å². The first-order valence-corrected chi connectivity index (χ1v) is 8.61. The lowest BCUT2D eigenvalue weighted by Gasteiger charge is -2.26. The van der Waals surface area contributed by atoms with Crippen LogP contribution in [0, 0.1) is 11.3 Å². The summed E-state index contributed by atoms with van der Waals surface area (Å²) >= 11 is 1.82. The third kappa shape index (κ3) is 5.99. The highest BCUT2D eigenvalue weighted by Gasteiger charge is 2.25. The molecular formula is C17H26N2OS. The fourth-order valence-corrected chi connectivity index (χ4v) is 3.08. The second kappa shape index (κ2) is 9.70. The molecule has 0 aliphatic carbocycles. The molecule has 4 heteroatoms. The minimum absolute atomic E-state index is 0.356. The van der Waals surface area contributed by atoms with Gasteiger partial charge in [0, 0.05) is 4.90 Å². The van der Waals surface area contributed by atoms with Crippen molar-refractivity contribution in [1.29, 1.82) is 5.26 Å². The van der Waals surface area contributed by atoms with E-state index in [2.05, 4.69) is 37.4 Å². The Hall–Kier alpha value is -1.18. The first-order chi connectivity index (χ1) is 10.2. The molecule has 0 bridgehead atoms. The highest BCUT2D eigenvalue weighted by Crippen LogP contribution is 2.25. The number of nitriles is 1. The lowest BCUT2D eigenvalue weighted by atomic mass is 9.92. The van der Waals surface area contributed by atoms with Crippen LogP contribution in [-0.2, 0) is 0 Å². The number of nitrogens with one attached hydrogen (secondary N) is 1. The molecule has 0 radical (unpaired) electrons. The SMILES string of the molecule is CCCNC(C#N)(CC)CCCSc1cccc(OC)c1. The smallest absolute Gasteiger partial charge is 0.119 e. The van der Waals surface area contributed by atoms with Crippen LogP contribution in [0.15, 0.2) is 29.2 Å². The normalized spacial score (nSPS) is 13.4. The summed E-state index contributed by atoms with van der Waals surface area (Å²) in [6.45, 7) is 5.12. The van der Waals surface area contributed by atoms with Crippen molar-refractivity contribution in [1.82, 2.24) is 5.32 Å². The van der Waals surface area contributed by atoms with Gasteiger partial charge in [-0.25, -0.2) is 0 Å². The molecule has 1 atom stereocenters. The number of hydrogen-bond acceptors (Lipinski definition) is 4. The quantitative estimate of drug-likeness (QED) is 0.519. The van der Waals surface area contributed by atoms with Crippen LogP contribution < -0.4 is 10.1 Å². The topological polar surface area (TPSA) is 45.0 Å². The molecule has 0 aliphatic rings. The van der Waals surface area contributed by atoms with Crippen molar-refractivity contribution in [2.45, 2.75) is 50.0 Å². The predicted octanol–water partition coefficient (Wildman–Crippen LogP) is 4.24. The molecule has 21 heavy (non-hydrogen) atoms. The van der Waals surface area contributed by atoms with Crippen molar-refractivity contribution >= 4 is 11.8 Å². The monoisotopic (exact) mass is 306 g/mol. The first-order valence-electron chi connectivity index (χ1n) is 7.63. The van der Waals surface area contributed by atoms with Gasteiger partial charge >= 0.3 is 0 Å². The molecular weight excluding hydrogens is 280 g/mol. The van der Waals surface area contributed by atoms with Gasteiger partial charge in [0.15, 0.2) is 0 Å². The van der Waals surface area contributed by atoms with E-state index in [1.807, 2.05) is 23.9 Å². The van der Waals surface area contributed by atoms with Gasteiger partial charge in [-0.05, 0) is 56.2 Å². The number of benzene rings is 1. The zero-order valence-corrected chi connectivity index (χ0v) is 14.1.